The minimum atomic E-state index is -0.0632. The summed E-state index contributed by atoms with van der Waals surface area (Å²) in [4.78, 5) is 16.3. The van der Waals surface area contributed by atoms with Crippen molar-refractivity contribution in [2.75, 3.05) is 12.4 Å². The van der Waals surface area contributed by atoms with E-state index in [2.05, 4.69) is 25.6 Å². The molecule has 4 heterocycles. The molecule has 0 radical (unpaired) electrons. The van der Waals surface area contributed by atoms with E-state index < -0.39 is 0 Å². The maximum absolute atomic E-state index is 12.3. The molecule has 0 saturated heterocycles. The Hall–Kier alpha value is -3.29. The Morgan fingerprint density at radius 3 is 2.68 bits per heavy atom. The summed E-state index contributed by atoms with van der Waals surface area (Å²) in [6.45, 7) is 1.93. The van der Waals surface area contributed by atoms with Gasteiger partial charge in [0.25, 0.3) is 0 Å². The lowest BCUT2D eigenvalue weighted by atomic mass is 9.86. The van der Waals surface area contributed by atoms with E-state index in [9.17, 15) is 4.79 Å². The molecule has 8 nitrogen and oxygen atoms in total. The van der Waals surface area contributed by atoms with E-state index in [4.69, 9.17) is 4.74 Å². The molecule has 3 aromatic rings. The van der Waals surface area contributed by atoms with Crippen molar-refractivity contribution in [3.63, 3.8) is 0 Å². The van der Waals surface area contributed by atoms with Crippen LogP contribution in [0.25, 0.3) is 5.82 Å². The number of aromatic nitrogens is 5. The van der Waals surface area contributed by atoms with Crippen LogP contribution in [-0.4, -0.2) is 38.0 Å². The van der Waals surface area contributed by atoms with Crippen LogP contribution in [0, 0.1) is 6.92 Å². The highest BCUT2D eigenvalue weighted by atomic mass is 16.5. The van der Waals surface area contributed by atoms with Crippen molar-refractivity contribution < 1.29 is 9.53 Å². The molecule has 126 valence electrons. The van der Waals surface area contributed by atoms with Gasteiger partial charge in [-0.3, -0.25) is 9.78 Å². The first kappa shape index (κ1) is 15.3. The van der Waals surface area contributed by atoms with Crippen molar-refractivity contribution in [3.8, 4) is 11.7 Å². The number of carbonyl (C=O) groups excluding carboxylic acids is 1. The highest BCUT2D eigenvalue weighted by molar-refractivity contribution is 5.95. The number of nitrogens with one attached hydrogen (secondary N) is 1. The zero-order chi connectivity index (χ0) is 17.4. The first-order chi connectivity index (χ1) is 12.2. The number of hydrogen-bond acceptors (Lipinski definition) is 6. The van der Waals surface area contributed by atoms with Crippen molar-refractivity contribution in [1.82, 2.24) is 25.0 Å². The fourth-order valence-corrected chi connectivity index (χ4v) is 3.13. The number of anilines is 1. The molecule has 0 unspecified atom stereocenters. The molecule has 1 amide bonds. The minimum absolute atomic E-state index is 0.0584. The summed E-state index contributed by atoms with van der Waals surface area (Å²) < 4.78 is 6.65. The van der Waals surface area contributed by atoms with Gasteiger partial charge in [-0.25, -0.2) is 0 Å². The van der Waals surface area contributed by atoms with Crippen LogP contribution in [0.5, 0.6) is 5.88 Å². The predicted molar refractivity (Wildman–Crippen MR) is 89.8 cm³/mol. The number of carbonyl (C=O) groups is 1. The largest absolute Gasteiger partial charge is 0.480 e. The minimum Gasteiger partial charge on any atom is -0.480 e. The van der Waals surface area contributed by atoms with Crippen LogP contribution in [0.1, 0.15) is 29.2 Å². The molecule has 0 bridgehead atoms. The first-order valence-electron chi connectivity index (χ1n) is 7.84. The summed E-state index contributed by atoms with van der Waals surface area (Å²) in [5.41, 5.74) is 2.87. The summed E-state index contributed by atoms with van der Waals surface area (Å²) in [7, 11) is 1.53. The molecule has 1 aliphatic heterocycles. The monoisotopic (exact) mass is 336 g/mol. The molecule has 4 rings (SSSR count). The molecule has 0 fully saturated rings. The van der Waals surface area contributed by atoms with Crippen LogP contribution in [0.3, 0.4) is 0 Å². The van der Waals surface area contributed by atoms with Crippen LogP contribution in [0.2, 0.25) is 0 Å². The number of ether oxygens (including phenoxy) is 1. The standard InChI is InChI=1S/C17H16N6O2/c1-10-16-12(11-5-7-18-8-6-11)9-14(24)19-17(16)23(22-10)13-3-4-15(25-2)21-20-13/h3-8,12H,9H2,1-2H3,(H,19,24)/t12-/m0/s1. The second-order valence-electron chi connectivity index (χ2n) is 5.78. The van der Waals surface area contributed by atoms with Gasteiger partial charge in [-0.05, 0) is 30.7 Å². The molecule has 25 heavy (non-hydrogen) atoms. The van der Waals surface area contributed by atoms with E-state index in [0.717, 1.165) is 16.8 Å². The lowest BCUT2D eigenvalue weighted by molar-refractivity contribution is -0.116. The van der Waals surface area contributed by atoms with Gasteiger partial charge in [0, 0.05) is 36.4 Å². The van der Waals surface area contributed by atoms with Crippen LogP contribution in [-0.2, 0) is 4.79 Å². The fourth-order valence-electron chi connectivity index (χ4n) is 3.13. The second-order valence-corrected chi connectivity index (χ2v) is 5.78. The maximum Gasteiger partial charge on any atom is 0.233 e. The SMILES string of the molecule is COc1ccc(-n2nc(C)c3c2NC(=O)C[C@H]3c2ccncc2)nn1. The smallest absolute Gasteiger partial charge is 0.233 e. The maximum atomic E-state index is 12.3. The number of nitrogens with zero attached hydrogens (tertiary/aromatic N) is 5. The summed E-state index contributed by atoms with van der Waals surface area (Å²) in [6.07, 6.45) is 3.84. The third-order valence-corrected chi connectivity index (χ3v) is 4.26. The van der Waals surface area contributed by atoms with Gasteiger partial charge in [-0.1, -0.05) is 0 Å². The van der Waals surface area contributed by atoms with E-state index >= 15 is 0 Å². The van der Waals surface area contributed by atoms with E-state index in [0.29, 0.717) is 23.9 Å². The fraction of sp³-hybridized carbons (Fsp3) is 0.235. The molecular weight excluding hydrogens is 320 g/mol. The van der Waals surface area contributed by atoms with Crippen molar-refractivity contribution in [2.24, 2.45) is 0 Å². The van der Waals surface area contributed by atoms with Gasteiger partial charge in [-0.2, -0.15) is 9.78 Å². The average Bonchev–Trinajstić information content (AvgIpc) is 2.98. The molecule has 1 N–H and O–H groups in total. The van der Waals surface area contributed by atoms with Gasteiger partial charge in [-0.15, -0.1) is 10.2 Å². The number of rotatable bonds is 3. The van der Waals surface area contributed by atoms with Crippen molar-refractivity contribution in [3.05, 3.63) is 53.5 Å². The van der Waals surface area contributed by atoms with Gasteiger partial charge in [0.05, 0.1) is 12.8 Å². The van der Waals surface area contributed by atoms with E-state index in [1.165, 1.54) is 7.11 Å². The highest BCUT2D eigenvalue weighted by Gasteiger charge is 2.32. The number of pyridine rings is 1. The Morgan fingerprint density at radius 2 is 2.00 bits per heavy atom. The first-order valence-corrected chi connectivity index (χ1v) is 7.84. The third kappa shape index (κ3) is 2.61. The van der Waals surface area contributed by atoms with Crippen molar-refractivity contribution >= 4 is 11.7 Å². The Balaban J connectivity index is 1.84. The van der Waals surface area contributed by atoms with E-state index in [-0.39, 0.29) is 11.8 Å². The van der Waals surface area contributed by atoms with Crippen molar-refractivity contribution in [2.45, 2.75) is 19.3 Å². The number of aryl methyl sites for hydroxylation is 1. The molecule has 1 atom stereocenters. The zero-order valence-corrected chi connectivity index (χ0v) is 13.8. The lowest BCUT2D eigenvalue weighted by Crippen LogP contribution is -2.25. The van der Waals surface area contributed by atoms with Crippen LogP contribution in [0.4, 0.5) is 5.82 Å². The summed E-state index contributed by atoms with van der Waals surface area (Å²) in [5, 5.41) is 15.6. The molecule has 3 aromatic heterocycles. The molecule has 0 aliphatic carbocycles. The van der Waals surface area contributed by atoms with Gasteiger partial charge in [0.2, 0.25) is 11.8 Å². The Kier molecular flexibility index (Phi) is 3.64. The molecule has 8 heteroatoms. The van der Waals surface area contributed by atoms with Crippen LogP contribution in [0.15, 0.2) is 36.7 Å². The number of amides is 1. The average molecular weight is 336 g/mol. The summed E-state index contributed by atoms with van der Waals surface area (Å²) in [5.74, 6) is 1.44. The topological polar surface area (TPSA) is 94.8 Å². The molecule has 0 aromatic carbocycles. The lowest BCUT2D eigenvalue weighted by Gasteiger charge is -2.24. The summed E-state index contributed by atoms with van der Waals surface area (Å²) >= 11 is 0. The van der Waals surface area contributed by atoms with E-state index in [1.807, 2.05) is 19.1 Å². The summed E-state index contributed by atoms with van der Waals surface area (Å²) in [6, 6.07) is 7.31. The van der Waals surface area contributed by atoms with Gasteiger partial charge in [0.15, 0.2) is 5.82 Å². The quantitative estimate of drug-likeness (QED) is 0.784. The zero-order valence-electron chi connectivity index (χ0n) is 13.8. The predicted octanol–water partition coefficient (Wildman–Crippen LogP) is 1.85. The number of methoxy groups -OCH3 is 1. The van der Waals surface area contributed by atoms with Crippen molar-refractivity contribution in [1.29, 1.82) is 0 Å². The third-order valence-electron chi connectivity index (χ3n) is 4.26. The Morgan fingerprint density at radius 1 is 1.20 bits per heavy atom. The van der Waals surface area contributed by atoms with Gasteiger partial charge in [0.1, 0.15) is 5.82 Å². The van der Waals surface area contributed by atoms with Crippen LogP contribution >= 0.6 is 0 Å². The van der Waals surface area contributed by atoms with Gasteiger partial charge >= 0.3 is 0 Å². The normalized spacial score (nSPS) is 16.2. The Bertz CT molecular complexity index is 920. The second kappa shape index (κ2) is 5.97. The molecule has 0 saturated carbocycles. The van der Waals surface area contributed by atoms with E-state index in [1.54, 1.807) is 29.2 Å². The molecule has 1 aliphatic rings. The number of fused-ring (bicyclic) bond motifs is 1. The van der Waals surface area contributed by atoms with Gasteiger partial charge < -0.3 is 10.1 Å². The Labute approximate surface area is 143 Å². The molecular formula is C17H16N6O2. The molecule has 0 spiro atoms. The van der Waals surface area contributed by atoms with Crippen LogP contribution < -0.4 is 10.1 Å². The highest BCUT2D eigenvalue weighted by Crippen LogP contribution is 2.39. The number of hydrogen-bond donors (Lipinski definition) is 1.